The van der Waals surface area contributed by atoms with Crippen molar-refractivity contribution in [3.63, 3.8) is 0 Å². The van der Waals surface area contributed by atoms with E-state index >= 15 is 0 Å². The molecular weight excluding hydrogens is 152 g/mol. The predicted molar refractivity (Wildman–Crippen MR) is 50.7 cm³/mol. The quantitative estimate of drug-likeness (QED) is 0.621. The first-order chi connectivity index (χ1) is 5.25. The summed E-state index contributed by atoms with van der Waals surface area (Å²) in [6.45, 7) is 6.48. The molecule has 0 saturated carbocycles. The Morgan fingerprint density at radius 1 is 1.55 bits per heavy atom. The molecule has 0 aliphatic carbocycles. The van der Waals surface area contributed by atoms with Gasteiger partial charge < -0.3 is 4.23 Å². The van der Waals surface area contributed by atoms with E-state index in [1.807, 2.05) is 6.20 Å². The zero-order valence-electron chi connectivity index (χ0n) is 7.59. The first kappa shape index (κ1) is 8.52. The molecule has 62 valence electrons. The minimum atomic E-state index is -0.0729. The molecule has 0 bridgehead atoms. The van der Waals surface area contributed by atoms with Gasteiger partial charge in [0.1, 0.15) is 9.68 Å². The van der Waals surface area contributed by atoms with Crippen LogP contribution in [-0.2, 0) is 0 Å². The number of nitrogens with zero attached hydrogens (tertiary/aromatic N) is 2. The van der Waals surface area contributed by atoms with E-state index in [0.29, 0.717) is 0 Å². The molecule has 0 fully saturated rings. The molecule has 0 aliphatic rings. The van der Waals surface area contributed by atoms with Crippen LogP contribution in [0.1, 0.15) is 24.9 Å². The van der Waals surface area contributed by atoms with E-state index in [2.05, 4.69) is 30.0 Å². The van der Waals surface area contributed by atoms with Crippen LogP contribution in [0.5, 0.6) is 0 Å². The van der Waals surface area contributed by atoms with Crippen LogP contribution in [-0.4, -0.2) is 18.9 Å². The number of aryl methyl sites for hydroxylation is 2. The van der Waals surface area contributed by atoms with Crippen molar-refractivity contribution in [3.05, 3.63) is 17.7 Å². The van der Waals surface area contributed by atoms with Gasteiger partial charge in [-0.1, -0.05) is 13.3 Å². The lowest BCUT2D eigenvalue weighted by Crippen LogP contribution is -2.09. The molecule has 0 saturated heterocycles. The van der Waals surface area contributed by atoms with Crippen LogP contribution in [0.15, 0.2) is 6.20 Å². The van der Waals surface area contributed by atoms with Gasteiger partial charge in [0.2, 0.25) is 0 Å². The lowest BCUT2D eigenvalue weighted by molar-refractivity contribution is 0.987. The third kappa shape index (κ3) is 1.93. The van der Waals surface area contributed by atoms with E-state index in [0.717, 1.165) is 0 Å². The average Bonchev–Trinajstić information content (AvgIpc) is 2.29. The van der Waals surface area contributed by atoms with Crippen LogP contribution in [0.4, 0.5) is 0 Å². The van der Waals surface area contributed by atoms with Gasteiger partial charge >= 0.3 is 0 Å². The Bertz CT molecular complexity index is 210. The smallest absolute Gasteiger partial charge is 0.131 e. The van der Waals surface area contributed by atoms with Crippen LogP contribution in [0.2, 0.25) is 6.04 Å². The van der Waals surface area contributed by atoms with Gasteiger partial charge in [-0.3, -0.25) is 0 Å². The van der Waals surface area contributed by atoms with Crippen molar-refractivity contribution < 1.29 is 0 Å². The average molecular weight is 168 g/mol. The molecule has 1 aromatic heterocycles. The van der Waals surface area contributed by atoms with Crippen LogP contribution in [0.25, 0.3) is 0 Å². The highest BCUT2D eigenvalue weighted by atomic mass is 28.2. The van der Waals surface area contributed by atoms with Crippen LogP contribution < -0.4 is 0 Å². The molecule has 2 nitrogen and oxygen atoms in total. The Hall–Kier alpha value is -0.573. The summed E-state index contributed by atoms with van der Waals surface area (Å²) in [5.41, 5.74) is 1.34. The fourth-order valence-electron chi connectivity index (χ4n) is 1.24. The lowest BCUT2D eigenvalue weighted by Gasteiger charge is -2.04. The number of imidazole rings is 1. The highest BCUT2D eigenvalue weighted by Crippen LogP contribution is 2.01. The van der Waals surface area contributed by atoms with Crippen molar-refractivity contribution in [3.8, 4) is 0 Å². The van der Waals surface area contributed by atoms with Crippen molar-refractivity contribution in [2.75, 3.05) is 0 Å². The SMILES string of the molecule is CCC[SiH2]n1c(C)cnc1C. The number of hydrogen-bond acceptors (Lipinski definition) is 1. The van der Waals surface area contributed by atoms with Gasteiger partial charge in [-0.05, 0) is 19.9 Å². The molecule has 3 heteroatoms. The molecular formula is C8H16N2Si. The monoisotopic (exact) mass is 168 g/mol. The van der Waals surface area contributed by atoms with Crippen molar-refractivity contribution in [1.29, 1.82) is 0 Å². The first-order valence-corrected chi connectivity index (χ1v) is 5.87. The van der Waals surface area contributed by atoms with Gasteiger partial charge in [-0.2, -0.15) is 0 Å². The highest BCUT2D eigenvalue weighted by Gasteiger charge is 2.00. The maximum atomic E-state index is 4.27. The summed E-state index contributed by atoms with van der Waals surface area (Å²) in [6, 6.07) is 1.39. The van der Waals surface area contributed by atoms with Crippen molar-refractivity contribution >= 4 is 9.68 Å². The van der Waals surface area contributed by atoms with Crippen molar-refractivity contribution in [2.24, 2.45) is 0 Å². The molecule has 0 spiro atoms. The van der Waals surface area contributed by atoms with E-state index < -0.39 is 0 Å². The minimum absolute atomic E-state index is 0.0729. The van der Waals surface area contributed by atoms with E-state index in [1.54, 1.807) is 0 Å². The zero-order chi connectivity index (χ0) is 8.27. The maximum absolute atomic E-state index is 4.27. The zero-order valence-corrected chi connectivity index (χ0v) is 9.01. The third-order valence-electron chi connectivity index (χ3n) is 1.99. The standard InChI is InChI=1S/C8H16N2Si/c1-4-5-11-10-7(2)6-9-8(10)3/h6H,4-5,11H2,1-3H3. The molecule has 11 heavy (non-hydrogen) atoms. The topological polar surface area (TPSA) is 17.8 Å². The van der Waals surface area contributed by atoms with Gasteiger partial charge in [0.25, 0.3) is 0 Å². The second-order valence-corrected chi connectivity index (χ2v) is 4.74. The second-order valence-electron chi connectivity index (χ2n) is 2.95. The summed E-state index contributed by atoms with van der Waals surface area (Å²) in [5.74, 6) is 1.20. The van der Waals surface area contributed by atoms with Gasteiger partial charge in [0.15, 0.2) is 0 Å². The summed E-state index contributed by atoms with van der Waals surface area (Å²) in [7, 11) is -0.0729. The van der Waals surface area contributed by atoms with Gasteiger partial charge in [0.05, 0.1) is 5.82 Å². The molecule has 0 aromatic carbocycles. The van der Waals surface area contributed by atoms with Crippen LogP contribution in [0.3, 0.4) is 0 Å². The van der Waals surface area contributed by atoms with E-state index in [1.165, 1.54) is 24.0 Å². The Balaban J connectivity index is 2.67. The summed E-state index contributed by atoms with van der Waals surface area (Å²) in [6.07, 6.45) is 3.28. The van der Waals surface area contributed by atoms with Crippen LogP contribution in [0, 0.1) is 13.8 Å². The van der Waals surface area contributed by atoms with E-state index in [9.17, 15) is 0 Å². The highest BCUT2D eigenvalue weighted by molar-refractivity contribution is 6.33. The molecule has 0 amide bonds. The largest absolute Gasteiger partial charge is 0.366 e. The normalized spacial score (nSPS) is 11.5. The minimum Gasteiger partial charge on any atom is -0.366 e. The first-order valence-electron chi connectivity index (χ1n) is 4.24. The Morgan fingerprint density at radius 3 is 2.73 bits per heavy atom. The van der Waals surface area contributed by atoms with Gasteiger partial charge in [-0.15, -0.1) is 0 Å². The number of rotatable bonds is 3. The number of aromatic nitrogens is 2. The molecule has 0 radical (unpaired) electrons. The Labute approximate surface area is 70.5 Å². The molecule has 0 N–H and O–H groups in total. The van der Waals surface area contributed by atoms with Gasteiger partial charge in [-0.25, -0.2) is 4.98 Å². The van der Waals surface area contributed by atoms with Crippen molar-refractivity contribution in [1.82, 2.24) is 9.22 Å². The lowest BCUT2D eigenvalue weighted by atomic mass is 10.6. The fourth-order valence-corrected chi connectivity index (χ4v) is 2.71. The third-order valence-corrected chi connectivity index (χ3v) is 4.42. The summed E-state index contributed by atoms with van der Waals surface area (Å²) < 4.78 is 2.41. The maximum Gasteiger partial charge on any atom is 0.131 e. The Morgan fingerprint density at radius 2 is 2.27 bits per heavy atom. The van der Waals surface area contributed by atoms with Crippen LogP contribution >= 0.6 is 0 Å². The molecule has 1 aromatic rings. The molecule has 0 atom stereocenters. The summed E-state index contributed by atoms with van der Waals surface area (Å²) in [5, 5.41) is 0. The van der Waals surface area contributed by atoms with E-state index in [4.69, 9.17) is 0 Å². The Kier molecular flexibility index (Phi) is 2.88. The predicted octanol–water partition coefficient (Wildman–Crippen LogP) is 1.26. The summed E-state index contributed by atoms with van der Waals surface area (Å²) in [4.78, 5) is 4.27. The molecule has 1 heterocycles. The molecule has 0 aliphatic heterocycles. The fraction of sp³-hybridized carbons (Fsp3) is 0.625. The number of hydrogen-bond donors (Lipinski definition) is 0. The molecule has 1 rings (SSSR count). The summed E-state index contributed by atoms with van der Waals surface area (Å²) >= 11 is 0. The second kappa shape index (κ2) is 3.71. The van der Waals surface area contributed by atoms with E-state index in [-0.39, 0.29) is 9.68 Å². The van der Waals surface area contributed by atoms with Gasteiger partial charge in [0, 0.05) is 11.9 Å². The molecule has 0 unspecified atom stereocenters. The van der Waals surface area contributed by atoms with Crippen molar-refractivity contribution in [2.45, 2.75) is 33.2 Å².